The van der Waals surface area contributed by atoms with E-state index in [4.69, 9.17) is 9.47 Å². The van der Waals surface area contributed by atoms with Crippen LogP contribution in [-0.4, -0.2) is 41.8 Å². The molecule has 0 spiro atoms. The van der Waals surface area contributed by atoms with E-state index in [2.05, 4.69) is 13.0 Å². The minimum absolute atomic E-state index is 0.188. The van der Waals surface area contributed by atoms with Crippen LogP contribution in [0.5, 0.6) is 0 Å². The van der Waals surface area contributed by atoms with Gasteiger partial charge < -0.3 is 14.6 Å². The first kappa shape index (κ1) is 23.6. The number of aldehydes is 1. The molecule has 1 heterocycles. The predicted molar refractivity (Wildman–Crippen MR) is 106 cm³/mol. The molecule has 1 saturated heterocycles. The van der Waals surface area contributed by atoms with Crippen molar-refractivity contribution in [3.8, 4) is 0 Å². The largest absolute Gasteiger partial charge is 0.459 e. The Morgan fingerprint density at radius 2 is 2.11 bits per heavy atom. The summed E-state index contributed by atoms with van der Waals surface area (Å²) in [5.41, 5.74) is 1.55. The molecule has 0 aliphatic carbocycles. The molecule has 0 radical (unpaired) electrons. The SMILES string of the molecule is CC(=O)O[C@@H]1CCC(=CC=O)CO[C@@]1(C)CCCC(C)C(O)CC=C(C)C. The van der Waals surface area contributed by atoms with Gasteiger partial charge in [0.25, 0.3) is 0 Å². The molecular weight excluding hydrogens is 344 g/mol. The van der Waals surface area contributed by atoms with E-state index in [9.17, 15) is 14.7 Å². The number of allylic oxidation sites excluding steroid dienone is 2. The molecular formula is C22H36O5. The quantitative estimate of drug-likeness (QED) is 0.282. The van der Waals surface area contributed by atoms with Crippen LogP contribution < -0.4 is 0 Å². The van der Waals surface area contributed by atoms with E-state index in [1.807, 2.05) is 20.8 Å². The molecule has 4 atom stereocenters. The third-order valence-corrected chi connectivity index (χ3v) is 5.37. The molecule has 0 amide bonds. The van der Waals surface area contributed by atoms with Gasteiger partial charge in [-0.2, -0.15) is 0 Å². The summed E-state index contributed by atoms with van der Waals surface area (Å²) < 4.78 is 11.7. The van der Waals surface area contributed by atoms with Gasteiger partial charge in [0.05, 0.1) is 12.7 Å². The molecule has 0 saturated carbocycles. The van der Waals surface area contributed by atoms with Crippen molar-refractivity contribution in [2.24, 2.45) is 5.92 Å². The van der Waals surface area contributed by atoms with Crippen molar-refractivity contribution in [2.45, 2.75) is 91.0 Å². The average molecular weight is 381 g/mol. The van der Waals surface area contributed by atoms with Crippen molar-refractivity contribution < 1.29 is 24.2 Å². The van der Waals surface area contributed by atoms with Crippen LogP contribution >= 0.6 is 0 Å². The first-order chi connectivity index (χ1) is 12.7. The standard InChI is InChI=1S/C22H36O5/c1-16(2)8-10-20(25)17(3)7-6-13-22(5)21(27-18(4)24)11-9-19(12-14-23)15-26-22/h8,12,14,17,20-21,25H,6-7,9-11,13,15H2,1-5H3/t17?,20?,21-,22+/m1/s1. The van der Waals surface area contributed by atoms with Gasteiger partial charge in [-0.1, -0.05) is 25.0 Å². The van der Waals surface area contributed by atoms with Gasteiger partial charge >= 0.3 is 5.97 Å². The Morgan fingerprint density at radius 1 is 1.41 bits per heavy atom. The lowest BCUT2D eigenvalue weighted by Crippen LogP contribution is -2.43. The molecule has 0 aromatic heterocycles. The zero-order valence-corrected chi connectivity index (χ0v) is 17.5. The number of carbonyl (C=O) groups is 2. The molecule has 1 rings (SSSR count). The highest BCUT2D eigenvalue weighted by Crippen LogP contribution is 2.34. The molecule has 1 aliphatic heterocycles. The van der Waals surface area contributed by atoms with Gasteiger partial charge in [0, 0.05) is 6.92 Å². The molecule has 5 heteroatoms. The second-order valence-electron chi connectivity index (χ2n) is 8.15. The normalized spacial score (nSPS) is 26.7. The average Bonchev–Trinajstić information content (AvgIpc) is 2.73. The van der Waals surface area contributed by atoms with Crippen LogP contribution in [0.15, 0.2) is 23.3 Å². The summed E-state index contributed by atoms with van der Waals surface area (Å²) in [6, 6.07) is 0. The van der Waals surface area contributed by atoms with Gasteiger partial charge in [-0.25, -0.2) is 0 Å². The van der Waals surface area contributed by atoms with Crippen LogP contribution in [0.25, 0.3) is 0 Å². The monoisotopic (exact) mass is 380 g/mol. The summed E-state index contributed by atoms with van der Waals surface area (Å²) >= 11 is 0. The van der Waals surface area contributed by atoms with Crippen LogP contribution in [0.4, 0.5) is 0 Å². The molecule has 0 aromatic rings. The number of ether oxygens (including phenoxy) is 2. The molecule has 0 aromatic carbocycles. The highest BCUT2D eigenvalue weighted by molar-refractivity contribution is 5.67. The van der Waals surface area contributed by atoms with Crippen LogP contribution in [0.1, 0.15) is 73.1 Å². The first-order valence-electron chi connectivity index (χ1n) is 9.93. The molecule has 154 valence electrons. The van der Waals surface area contributed by atoms with Gasteiger partial charge in [0.1, 0.15) is 18.0 Å². The molecule has 1 N–H and O–H groups in total. The zero-order valence-electron chi connectivity index (χ0n) is 17.5. The second-order valence-corrected chi connectivity index (χ2v) is 8.15. The molecule has 2 unspecified atom stereocenters. The topological polar surface area (TPSA) is 72.8 Å². The zero-order chi connectivity index (χ0) is 20.4. The molecule has 0 bridgehead atoms. The minimum Gasteiger partial charge on any atom is -0.459 e. The molecule has 5 nitrogen and oxygen atoms in total. The summed E-state index contributed by atoms with van der Waals surface area (Å²) in [5.74, 6) is -0.129. The Balaban J connectivity index is 2.68. The number of aliphatic hydroxyl groups excluding tert-OH is 1. The Bertz CT molecular complexity index is 547. The number of hydrogen-bond donors (Lipinski definition) is 1. The minimum atomic E-state index is -0.589. The second kappa shape index (κ2) is 11.4. The van der Waals surface area contributed by atoms with E-state index in [0.29, 0.717) is 25.9 Å². The third-order valence-electron chi connectivity index (χ3n) is 5.37. The number of aliphatic hydroxyl groups is 1. The Labute approximate surface area is 163 Å². The Morgan fingerprint density at radius 3 is 2.70 bits per heavy atom. The smallest absolute Gasteiger partial charge is 0.303 e. The van der Waals surface area contributed by atoms with Gasteiger partial charge in [0.15, 0.2) is 0 Å². The fourth-order valence-electron chi connectivity index (χ4n) is 3.45. The van der Waals surface area contributed by atoms with Crippen molar-refractivity contribution in [3.05, 3.63) is 23.3 Å². The number of esters is 1. The summed E-state index contributed by atoms with van der Waals surface area (Å²) in [7, 11) is 0. The lowest BCUT2D eigenvalue weighted by molar-refractivity contribution is -0.167. The van der Waals surface area contributed by atoms with E-state index in [1.54, 1.807) is 0 Å². The van der Waals surface area contributed by atoms with Crippen LogP contribution in [0.3, 0.4) is 0 Å². The summed E-state index contributed by atoms with van der Waals surface area (Å²) in [5, 5.41) is 10.3. The van der Waals surface area contributed by atoms with Crippen molar-refractivity contribution in [3.63, 3.8) is 0 Å². The van der Waals surface area contributed by atoms with Gasteiger partial charge in [-0.3, -0.25) is 9.59 Å². The van der Waals surface area contributed by atoms with Crippen LogP contribution in [0.2, 0.25) is 0 Å². The molecule has 27 heavy (non-hydrogen) atoms. The van der Waals surface area contributed by atoms with Crippen molar-refractivity contribution in [1.82, 2.24) is 0 Å². The predicted octanol–water partition coefficient (Wildman–Crippen LogP) is 4.14. The highest BCUT2D eigenvalue weighted by Gasteiger charge is 2.39. The van der Waals surface area contributed by atoms with Gasteiger partial charge in [0.2, 0.25) is 0 Å². The van der Waals surface area contributed by atoms with E-state index in [-0.39, 0.29) is 24.1 Å². The lowest BCUT2D eigenvalue weighted by Gasteiger charge is -2.35. The Kier molecular flexibility index (Phi) is 9.95. The molecule has 1 fully saturated rings. The van der Waals surface area contributed by atoms with Gasteiger partial charge in [-0.05, 0) is 70.4 Å². The third kappa shape index (κ3) is 8.39. The fourth-order valence-corrected chi connectivity index (χ4v) is 3.45. The number of hydrogen-bond acceptors (Lipinski definition) is 5. The maximum Gasteiger partial charge on any atom is 0.303 e. The van der Waals surface area contributed by atoms with Crippen molar-refractivity contribution >= 4 is 12.3 Å². The summed E-state index contributed by atoms with van der Waals surface area (Å²) in [6.45, 7) is 9.90. The van der Waals surface area contributed by atoms with E-state index < -0.39 is 5.60 Å². The van der Waals surface area contributed by atoms with Crippen molar-refractivity contribution in [2.75, 3.05) is 6.61 Å². The maximum absolute atomic E-state index is 11.5. The van der Waals surface area contributed by atoms with Crippen LogP contribution in [0, 0.1) is 5.92 Å². The van der Waals surface area contributed by atoms with E-state index in [1.165, 1.54) is 18.6 Å². The van der Waals surface area contributed by atoms with Crippen LogP contribution in [-0.2, 0) is 19.1 Å². The number of carbonyl (C=O) groups excluding carboxylic acids is 2. The molecule has 1 aliphatic rings. The van der Waals surface area contributed by atoms with E-state index >= 15 is 0 Å². The van der Waals surface area contributed by atoms with Gasteiger partial charge in [-0.15, -0.1) is 0 Å². The maximum atomic E-state index is 11.5. The first-order valence-corrected chi connectivity index (χ1v) is 9.93. The lowest BCUT2D eigenvalue weighted by atomic mass is 9.87. The Hall–Kier alpha value is -1.46. The number of rotatable bonds is 9. The summed E-state index contributed by atoms with van der Waals surface area (Å²) in [6.07, 6.45) is 8.18. The van der Waals surface area contributed by atoms with E-state index in [0.717, 1.165) is 31.1 Å². The fraction of sp³-hybridized carbons (Fsp3) is 0.727. The summed E-state index contributed by atoms with van der Waals surface area (Å²) in [4.78, 5) is 22.3. The highest BCUT2D eigenvalue weighted by atomic mass is 16.6. The van der Waals surface area contributed by atoms with Crippen molar-refractivity contribution in [1.29, 1.82) is 0 Å².